The van der Waals surface area contributed by atoms with Crippen LogP contribution >= 0.6 is 0 Å². The van der Waals surface area contributed by atoms with Crippen molar-refractivity contribution in [1.82, 2.24) is 14.5 Å². The number of pyridine rings is 1. The van der Waals surface area contributed by atoms with Crippen LogP contribution in [0.15, 0.2) is 36.7 Å². The lowest BCUT2D eigenvalue weighted by Crippen LogP contribution is -2.30. The second kappa shape index (κ2) is 6.56. The number of nitrogens with zero attached hydrogens (tertiary/aromatic N) is 3. The normalized spacial score (nSPS) is 14.3. The van der Waals surface area contributed by atoms with Gasteiger partial charge in [-0.05, 0) is 61.6 Å². The van der Waals surface area contributed by atoms with Crippen LogP contribution in [0.1, 0.15) is 24.0 Å². The van der Waals surface area contributed by atoms with Crippen LogP contribution < -0.4 is 0 Å². The summed E-state index contributed by atoms with van der Waals surface area (Å²) in [5, 5.41) is 0. The van der Waals surface area contributed by atoms with Gasteiger partial charge >= 0.3 is 0 Å². The number of rotatable bonds is 3. The van der Waals surface area contributed by atoms with E-state index in [0.29, 0.717) is 12.1 Å². The predicted molar refractivity (Wildman–Crippen MR) is 100 cm³/mol. The van der Waals surface area contributed by atoms with Crippen molar-refractivity contribution in [1.29, 1.82) is 0 Å². The maximum atomic E-state index is 13.6. The van der Waals surface area contributed by atoms with Crippen LogP contribution in [0.25, 0.3) is 22.2 Å². The van der Waals surface area contributed by atoms with E-state index >= 15 is 0 Å². The number of aryl methyl sites for hydroxylation is 2. The van der Waals surface area contributed by atoms with Gasteiger partial charge in [0.15, 0.2) is 0 Å². The first-order valence-electron chi connectivity index (χ1n) is 9.03. The summed E-state index contributed by atoms with van der Waals surface area (Å²) in [6.07, 6.45) is 5.99. The van der Waals surface area contributed by atoms with Crippen molar-refractivity contribution in [2.24, 2.45) is 0 Å². The minimum absolute atomic E-state index is 0.155. The molecule has 1 aliphatic rings. The summed E-state index contributed by atoms with van der Waals surface area (Å²) in [6, 6.07) is 7.11. The lowest BCUT2D eigenvalue weighted by molar-refractivity contribution is -0.130. The molecular weight excluding hydrogens is 329 g/mol. The standard InChI is InChI=1S/C21H22FN3O/c1-14-9-16(5-6-18(14)22)17-10-19-21(23-11-17)15(2)12-25(19)13-20(26)24-7-3-4-8-24/h5-6,9-12H,3-4,7-8,13H2,1-2H3. The van der Waals surface area contributed by atoms with Crippen LogP contribution in [-0.2, 0) is 11.3 Å². The molecule has 0 spiro atoms. The van der Waals surface area contributed by atoms with Gasteiger partial charge in [0.2, 0.25) is 5.91 Å². The van der Waals surface area contributed by atoms with Crippen molar-refractivity contribution in [3.8, 4) is 11.1 Å². The van der Waals surface area contributed by atoms with Crippen molar-refractivity contribution in [2.45, 2.75) is 33.2 Å². The van der Waals surface area contributed by atoms with E-state index in [1.54, 1.807) is 13.0 Å². The maximum Gasteiger partial charge on any atom is 0.242 e. The molecule has 1 aliphatic heterocycles. The highest BCUT2D eigenvalue weighted by atomic mass is 19.1. The van der Waals surface area contributed by atoms with Crippen LogP contribution in [0, 0.1) is 19.7 Å². The Morgan fingerprint density at radius 3 is 2.62 bits per heavy atom. The van der Waals surface area contributed by atoms with Crippen LogP contribution in [0.5, 0.6) is 0 Å². The molecule has 3 aromatic rings. The Balaban J connectivity index is 1.72. The first-order chi connectivity index (χ1) is 12.5. The quantitative estimate of drug-likeness (QED) is 0.713. The van der Waals surface area contributed by atoms with Gasteiger partial charge in [-0.2, -0.15) is 0 Å². The molecule has 0 aliphatic carbocycles. The minimum atomic E-state index is -0.210. The lowest BCUT2D eigenvalue weighted by Gasteiger charge is -2.16. The molecule has 0 unspecified atom stereocenters. The molecule has 1 amide bonds. The summed E-state index contributed by atoms with van der Waals surface area (Å²) < 4.78 is 15.5. The highest BCUT2D eigenvalue weighted by Crippen LogP contribution is 2.27. The summed E-state index contributed by atoms with van der Waals surface area (Å²) >= 11 is 0. The van der Waals surface area contributed by atoms with Gasteiger partial charge in [0, 0.05) is 31.0 Å². The van der Waals surface area contributed by atoms with E-state index in [0.717, 1.165) is 53.7 Å². The Bertz CT molecular complexity index is 986. The van der Waals surface area contributed by atoms with Gasteiger partial charge in [-0.15, -0.1) is 0 Å². The predicted octanol–water partition coefficient (Wildman–Crippen LogP) is 4.08. The van der Waals surface area contributed by atoms with E-state index in [2.05, 4.69) is 4.98 Å². The number of carbonyl (C=O) groups excluding carboxylic acids is 1. The van der Waals surface area contributed by atoms with E-state index in [4.69, 9.17) is 0 Å². The molecule has 0 atom stereocenters. The number of likely N-dealkylation sites (tertiary alicyclic amines) is 1. The molecule has 4 rings (SSSR count). The molecule has 1 saturated heterocycles. The summed E-state index contributed by atoms with van der Waals surface area (Å²) in [5.41, 5.74) is 5.36. The summed E-state index contributed by atoms with van der Waals surface area (Å²) in [7, 11) is 0. The monoisotopic (exact) mass is 351 g/mol. The van der Waals surface area contributed by atoms with E-state index < -0.39 is 0 Å². The maximum absolute atomic E-state index is 13.6. The Kier molecular flexibility index (Phi) is 4.23. The van der Waals surface area contributed by atoms with Gasteiger partial charge in [0.25, 0.3) is 0 Å². The Hall–Kier alpha value is -2.69. The van der Waals surface area contributed by atoms with Gasteiger partial charge in [0.1, 0.15) is 12.4 Å². The number of carbonyl (C=O) groups is 1. The molecule has 5 heteroatoms. The zero-order chi connectivity index (χ0) is 18.3. The number of hydrogen-bond acceptors (Lipinski definition) is 2. The van der Waals surface area contributed by atoms with Gasteiger partial charge in [-0.1, -0.05) is 6.07 Å². The van der Waals surface area contributed by atoms with Crippen LogP contribution in [-0.4, -0.2) is 33.4 Å². The van der Waals surface area contributed by atoms with Crippen molar-refractivity contribution in [3.05, 3.63) is 53.6 Å². The van der Waals surface area contributed by atoms with Crippen molar-refractivity contribution in [2.75, 3.05) is 13.1 Å². The molecule has 1 fully saturated rings. The van der Waals surface area contributed by atoms with E-state index in [1.807, 2.05) is 40.9 Å². The summed E-state index contributed by atoms with van der Waals surface area (Å²) in [6.45, 7) is 5.81. The average Bonchev–Trinajstić information content (AvgIpc) is 3.26. The SMILES string of the molecule is Cc1cc(-c2cnc3c(C)cn(CC(=O)N4CCCC4)c3c2)ccc1F. The topological polar surface area (TPSA) is 38.1 Å². The van der Waals surface area contributed by atoms with Crippen LogP contribution in [0.3, 0.4) is 0 Å². The number of fused-ring (bicyclic) bond motifs is 1. The fourth-order valence-corrected chi connectivity index (χ4v) is 3.67. The van der Waals surface area contributed by atoms with Crippen LogP contribution in [0.2, 0.25) is 0 Å². The smallest absolute Gasteiger partial charge is 0.242 e. The van der Waals surface area contributed by atoms with Crippen LogP contribution in [0.4, 0.5) is 4.39 Å². The Labute approximate surface area is 152 Å². The molecule has 3 heterocycles. The average molecular weight is 351 g/mol. The van der Waals surface area contributed by atoms with Crippen molar-refractivity contribution < 1.29 is 9.18 Å². The summed E-state index contributed by atoms with van der Waals surface area (Å²) in [5.74, 6) is -0.0550. The molecule has 0 N–H and O–H groups in total. The van der Waals surface area contributed by atoms with Crippen molar-refractivity contribution in [3.63, 3.8) is 0 Å². The molecule has 26 heavy (non-hydrogen) atoms. The number of amides is 1. The van der Waals surface area contributed by atoms with Gasteiger partial charge < -0.3 is 9.47 Å². The zero-order valence-corrected chi connectivity index (χ0v) is 15.1. The molecule has 2 aromatic heterocycles. The number of aromatic nitrogens is 2. The first kappa shape index (κ1) is 16.8. The van der Waals surface area contributed by atoms with Gasteiger partial charge in [-0.3, -0.25) is 9.78 Å². The van der Waals surface area contributed by atoms with Gasteiger partial charge in [-0.25, -0.2) is 4.39 Å². The van der Waals surface area contributed by atoms with E-state index in [1.165, 1.54) is 6.07 Å². The second-order valence-corrected chi connectivity index (χ2v) is 7.08. The van der Waals surface area contributed by atoms with E-state index in [9.17, 15) is 9.18 Å². The van der Waals surface area contributed by atoms with Crippen molar-refractivity contribution >= 4 is 16.9 Å². The van der Waals surface area contributed by atoms with Gasteiger partial charge in [0.05, 0.1) is 11.0 Å². The highest BCUT2D eigenvalue weighted by Gasteiger charge is 2.19. The van der Waals surface area contributed by atoms with E-state index in [-0.39, 0.29) is 11.7 Å². The Morgan fingerprint density at radius 1 is 1.12 bits per heavy atom. The number of hydrogen-bond donors (Lipinski definition) is 0. The highest BCUT2D eigenvalue weighted by molar-refractivity contribution is 5.86. The molecule has 134 valence electrons. The molecule has 0 saturated carbocycles. The molecule has 0 bridgehead atoms. The first-order valence-corrected chi connectivity index (χ1v) is 9.03. The fourth-order valence-electron chi connectivity index (χ4n) is 3.67. The largest absolute Gasteiger partial charge is 0.341 e. The third-order valence-corrected chi connectivity index (χ3v) is 5.16. The third kappa shape index (κ3) is 2.98. The fraction of sp³-hybridized carbons (Fsp3) is 0.333. The minimum Gasteiger partial charge on any atom is -0.341 e. The molecular formula is C21H22FN3O. The Morgan fingerprint density at radius 2 is 1.88 bits per heavy atom. The second-order valence-electron chi connectivity index (χ2n) is 7.08. The molecule has 4 nitrogen and oxygen atoms in total. The third-order valence-electron chi connectivity index (χ3n) is 5.16. The molecule has 0 radical (unpaired) electrons. The molecule has 1 aromatic carbocycles. The summed E-state index contributed by atoms with van der Waals surface area (Å²) in [4.78, 5) is 19.1. The number of halogens is 1. The lowest BCUT2D eigenvalue weighted by atomic mass is 10.0. The number of benzene rings is 1. The zero-order valence-electron chi connectivity index (χ0n) is 15.1.